The minimum atomic E-state index is -1.13. The molecule has 2 bridgehead atoms. The van der Waals surface area contributed by atoms with Crippen LogP contribution in [0.5, 0.6) is 0 Å². The SMILES string of the molecule is Cc1nc(C)c(-c2csc(Nc3ccc(C(=O)N4C5CCC4CC(O)(c4cccc(F)c4)C5)cn3)n2)s1. The number of carbonyl (C=O) groups excluding carboxylic acids is 1. The minimum Gasteiger partial charge on any atom is -0.385 e. The number of hydrogen-bond donors (Lipinski definition) is 2. The highest BCUT2D eigenvalue weighted by molar-refractivity contribution is 7.16. The molecule has 2 fully saturated rings. The number of carbonyl (C=O) groups is 1. The van der Waals surface area contributed by atoms with E-state index >= 15 is 0 Å². The van der Waals surface area contributed by atoms with Gasteiger partial charge in [0, 0.05) is 36.5 Å². The Kier molecular flexibility index (Phi) is 6.05. The van der Waals surface area contributed by atoms with Gasteiger partial charge in [0.25, 0.3) is 5.91 Å². The van der Waals surface area contributed by atoms with Crippen LogP contribution in [0.1, 0.15) is 52.3 Å². The smallest absolute Gasteiger partial charge is 0.255 e. The second-order valence-electron chi connectivity index (χ2n) is 9.79. The molecule has 0 saturated carbocycles. The number of piperidine rings is 1. The Bertz CT molecular complexity index is 1450. The third kappa shape index (κ3) is 4.54. The molecule has 2 unspecified atom stereocenters. The molecular formula is C27H26FN5O2S2. The van der Waals surface area contributed by atoms with Gasteiger partial charge in [-0.2, -0.15) is 0 Å². The molecule has 4 aromatic rings. The molecule has 1 amide bonds. The molecule has 7 nitrogen and oxygen atoms in total. The van der Waals surface area contributed by atoms with E-state index in [4.69, 9.17) is 0 Å². The summed E-state index contributed by atoms with van der Waals surface area (Å²) in [6, 6.07) is 9.54. The van der Waals surface area contributed by atoms with Crippen LogP contribution in [-0.2, 0) is 5.60 Å². The van der Waals surface area contributed by atoms with Crippen LogP contribution < -0.4 is 5.32 Å². The summed E-state index contributed by atoms with van der Waals surface area (Å²) in [4.78, 5) is 30.0. The van der Waals surface area contributed by atoms with E-state index in [9.17, 15) is 14.3 Å². The van der Waals surface area contributed by atoms with Gasteiger partial charge in [0.05, 0.1) is 32.4 Å². The number of hydrogen-bond acceptors (Lipinski definition) is 8. The standard InChI is InChI=1S/C27H26FN5O2S2/c1-15-24(37-16(2)30-15)22-14-36-26(31-22)32-23-9-6-17(13-29-23)25(34)33-20-7-8-21(33)12-27(35,11-20)18-4-3-5-19(28)10-18/h3-6,9-10,13-14,20-21,35H,7-8,11-12H2,1-2H3,(H,29,31,32). The topological polar surface area (TPSA) is 91.2 Å². The highest BCUT2D eigenvalue weighted by atomic mass is 32.1. The van der Waals surface area contributed by atoms with E-state index in [1.807, 2.05) is 24.1 Å². The number of aliphatic hydroxyl groups is 1. The molecule has 6 rings (SSSR count). The Morgan fingerprint density at radius 3 is 2.59 bits per heavy atom. The number of pyridine rings is 1. The fourth-order valence-electron chi connectivity index (χ4n) is 5.63. The molecule has 2 saturated heterocycles. The van der Waals surface area contributed by atoms with Gasteiger partial charge in [-0.3, -0.25) is 4.79 Å². The Labute approximate surface area is 222 Å². The zero-order chi connectivity index (χ0) is 25.7. The van der Waals surface area contributed by atoms with Crippen LogP contribution in [0, 0.1) is 19.7 Å². The number of benzene rings is 1. The second kappa shape index (κ2) is 9.27. The molecule has 2 aliphatic rings. The van der Waals surface area contributed by atoms with Crippen LogP contribution in [-0.4, -0.2) is 42.9 Å². The van der Waals surface area contributed by atoms with E-state index in [1.165, 1.54) is 23.5 Å². The number of thiazole rings is 2. The van der Waals surface area contributed by atoms with Crippen molar-refractivity contribution in [3.8, 4) is 10.6 Å². The zero-order valence-electron chi connectivity index (χ0n) is 20.4. The van der Waals surface area contributed by atoms with Gasteiger partial charge < -0.3 is 15.3 Å². The van der Waals surface area contributed by atoms with Gasteiger partial charge in [-0.15, -0.1) is 22.7 Å². The molecule has 1 aromatic carbocycles. The van der Waals surface area contributed by atoms with Crippen molar-refractivity contribution in [2.24, 2.45) is 0 Å². The highest BCUT2D eigenvalue weighted by Gasteiger charge is 2.50. The third-order valence-corrected chi connectivity index (χ3v) is 9.10. The van der Waals surface area contributed by atoms with Gasteiger partial charge in [-0.25, -0.2) is 19.3 Å². The summed E-state index contributed by atoms with van der Waals surface area (Å²) in [5.74, 6) is 0.163. The normalized spacial score (nSPS) is 22.9. The summed E-state index contributed by atoms with van der Waals surface area (Å²) in [5.41, 5.74) is 1.83. The molecule has 2 atom stereocenters. The van der Waals surface area contributed by atoms with E-state index in [-0.39, 0.29) is 23.8 Å². The van der Waals surface area contributed by atoms with Gasteiger partial charge in [0.1, 0.15) is 11.6 Å². The molecular weight excluding hydrogens is 509 g/mol. The van der Waals surface area contributed by atoms with Crippen molar-refractivity contribution in [3.63, 3.8) is 0 Å². The maximum atomic E-state index is 13.8. The van der Waals surface area contributed by atoms with Crippen molar-refractivity contribution in [1.82, 2.24) is 19.9 Å². The number of aryl methyl sites for hydroxylation is 2. The molecule has 37 heavy (non-hydrogen) atoms. The summed E-state index contributed by atoms with van der Waals surface area (Å²) >= 11 is 3.12. The maximum absolute atomic E-state index is 13.8. The fourth-order valence-corrected chi connectivity index (χ4v) is 7.29. The lowest BCUT2D eigenvalue weighted by Crippen LogP contribution is -2.52. The minimum absolute atomic E-state index is 0.0829. The third-order valence-electron chi connectivity index (χ3n) is 7.25. The molecule has 3 aromatic heterocycles. The highest BCUT2D eigenvalue weighted by Crippen LogP contribution is 2.46. The van der Waals surface area contributed by atoms with Gasteiger partial charge in [0.15, 0.2) is 5.13 Å². The van der Waals surface area contributed by atoms with Crippen LogP contribution in [0.4, 0.5) is 15.3 Å². The first kappa shape index (κ1) is 24.1. The van der Waals surface area contributed by atoms with Crippen molar-refractivity contribution in [2.75, 3.05) is 5.32 Å². The van der Waals surface area contributed by atoms with E-state index in [2.05, 4.69) is 20.3 Å². The zero-order valence-corrected chi connectivity index (χ0v) is 22.1. The van der Waals surface area contributed by atoms with Crippen molar-refractivity contribution in [1.29, 1.82) is 0 Å². The predicted molar refractivity (Wildman–Crippen MR) is 143 cm³/mol. The number of nitrogens with zero attached hydrogens (tertiary/aromatic N) is 4. The summed E-state index contributed by atoms with van der Waals surface area (Å²) in [6.45, 7) is 3.97. The molecule has 0 radical (unpaired) electrons. The van der Waals surface area contributed by atoms with Crippen molar-refractivity contribution < 1.29 is 14.3 Å². The quantitative estimate of drug-likeness (QED) is 0.335. The van der Waals surface area contributed by atoms with Gasteiger partial charge in [-0.05, 0) is 56.5 Å². The molecule has 2 N–H and O–H groups in total. The van der Waals surface area contributed by atoms with Crippen molar-refractivity contribution in [3.05, 3.63) is 75.6 Å². The summed E-state index contributed by atoms with van der Waals surface area (Å²) in [6.07, 6.45) is 4.04. The number of anilines is 2. The Morgan fingerprint density at radius 1 is 1.16 bits per heavy atom. The first-order valence-electron chi connectivity index (χ1n) is 12.2. The summed E-state index contributed by atoms with van der Waals surface area (Å²) < 4.78 is 13.8. The lowest BCUT2D eigenvalue weighted by Gasteiger charge is -2.44. The van der Waals surface area contributed by atoms with Gasteiger partial charge >= 0.3 is 0 Å². The monoisotopic (exact) mass is 535 g/mol. The molecule has 10 heteroatoms. The Balaban J connectivity index is 1.14. The molecule has 0 spiro atoms. The summed E-state index contributed by atoms with van der Waals surface area (Å²) in [7, 11) is 0. The number of fused-ring (bicyclic) bond motifs is 2. The number of aromatic nitrogens is 3. The molecule has 190 valence electrons. The van der Waals surface area contributed by atoms with Crippen LogP contribution in [0.25, 0.3) is 10.6 Å². The maximum Gasteiger partial charge on any atom is 0.255 e. The number of nitrogens with one attached hydrogen (secondary N) is 1. The van der Waals surface area contributed by atoms with E-state index in [1.54, 1.807) is 41.8 Å². The number of rotatable bonds is 5. The lowest BCUT2D eigenvalue weighted by atomic mass is 9.80. The first-order chi connectivity index (χ1) is 17.8. The predicted octanol–water partition coefficient (Wildman–Crippen LogP) is 5.82. The van der Waals surface area contributed by atoms with E-state index in [0.717, 1.165) is 39.2 Å². The van der Waals surface area contributed by atoms with Crippen molar-refractivity contribution >= 4 is 39.5 Å². The second-order valence-corrected chi connectivity index (χ2v) is 11.9. The average Bonchev–Trinajstić information content (AvgIpc) is 3.55. The van der Waals surface area contributed by atoms with Crippen LogP contribution in [0.2, 0.25) is 0 Å². The lowest BCUT2D eigenvalue weighted by molar-refractivity contribution is -0.0481. The van der Waals surface area contributed by atoms with Crippen LogP contribution in [0.15, 0.2) is 48.0 Å². The average molecular weight is 536 g/mol. The molecule has 5 heterocycles. The fraction of sp³-hybridized carbons (Fsp3) is 0.333. The number of halogens is 1. The number of amides is 1. The van der Waals surface area contributed by atoms with Gasteiger partial charge in [-0.1, -0.05) is 12.1 Å². The van der Waals surface area contributed by atoms with Gasteiger partial charge in [0.2, 0.25) is 0 Å². The molecule has 0 aliphatic carbocycles. The Morgan fingerprint density at radius 2 is 1.95 bits per heavy atom. The molecule has 2 aliphatic heterocycles. The van der Waals surface area contributed by atoms with E-state index < -0.39 is 5.60 Å². The first-order valence-corrected chi connectivity index (χ1v) is 13.9. The summed E-state index contributed by atoms with van der Waals surface area (Å²) in [5, 5.41) is 18.3. The Hall–Kier alpha value is -3.21. The van der Waals surface area contributed by atoms with Crippen molar-refractivity contribution in [2.45, 2.75) is 57.2 Å². The van der Waals surface area contributed by atoms with Crippen LogP contribution >= 0.6 is 22.7 Å². The largest absolute Gasteiger partial charge is 0.385 e. The van der Waals surface area contributed by atoms with E-state index in [0.29, 0.717) is 29.8 Å². The van der Waals surface area contributed by atoms with Crippen LogP contribution in [0.3, 0.4) is 0 Å².